The number of carbonyl (C=O) groups is 2. The van der Waals surface area contributed by atoms with Crippen molar-refractivity contribution in [3.8, 4) is 5.75 Å². The average Bonchev–Trinajstić information content (AvgIpc) is 2.51. The number of hydrogen-bond donors (Lipinski definition) is 1. The average molecular weight is 390 g/mol. The summed E-state index contributed by atoms with van der Waals surface area (Å²) in [7, 11) is 0. The van der Waals surface area contributed by atoms with Gasteiger partial charge in [0.25, 0.3) is 0 Å². The maximum Gasteiger partial charge on any atom is 0.408 e. The van der Waals surface area contributed by atoms with Gasteiger partial charge in [-0.15, -0.1) is 11.6 Å². The number of benzene rings is 1. The van der Waals surface area contributed by atoms with Gasteiger partial charge < -0.3 is 14.8 Å². The van der Waals surface area contributed by atoms with E-state index in [0.717, 1.165) is 0 Å². The fourth-order valence-corrected chi connectivity index (χ4v) is 1.66. The molecule has 0 fully saturated rings. The van der Waals surface area contributed by atoms with E-state index in [1.165, 1.54) is 20.8 Å². The molecule has 0 aromatic heterocycles. The number of rotatable bonds is 4. The van der Waals surface area contributed by atoms with Crippen LogP contribution in [0.5, 0.6) is 5.75 Å². The lowest BCUT2D eigenvalue weighted by Gasteiger charge is -2.22. The zero-order valence-corrected chi connectivity index (χ0v) is 13.9. The zero-order valence-electron chi connectivity index (χ0n) is 13.2. The fourth-order valence-electron chi connectivity index (χ4n) is 1.46. The van der Waals surface area contributed by atoms with Crippen molar-refractivity contribution in [1.29, 1.82) is 0 Å². The summed E-state index contributed by atoms with van der Waals surface area (Å²) >= 11 is 5.44. The van der Waals surface area contributed by atoms with Crippen molar-refractivity contribution in [1.82, 2.24) is 5.32 Å². The summed E-state index contributed by atoms with van der Waals surface area (Å²) in [5.41, 5.74) is -0.924. The molecular formula is C14H13ClF5NO4. The third-order valence-electron chi connectivity index (χ3n) is 2.50. The van der Waals surface area contributed by atoms with Gasteiger partial charge in [0, 0.05) is 0 Å². The minimum Gasteiger partial charge on any atom is -0.444 e. The van der Waals surface area contributed by atoms with Crippen molar-refractivity contribution in [3.05, 3.63) is 29.1 Å². The lowest BCUT2D eigenvalue weighted by atomic mass is 10.2. The molecule has 1 rings (SSSR count). The summed E-state index contributed by atoms with van der Waals surface area (Å²) in [5.74, 6) is -15.6. The second kappa shape index (κ2) is 7.85. The number of carbonyl (C=O) groups excluding carboxylic acids is 2. The van der Waals surface area contributed by atoms with Crippen LogP contribution in [0.4, 0.5) is 26.7 Å². The summed E-state index contributed by atoms with van der Waals surface area (Å²) < 4.78 is 75.0. The molecule has 0 spiro atoms. The molecule has 140 valence electrons. The molecule has 0 aliphatic heterocycles. The minimum absolute atomic E-state index is 0.618. The van der Waals surface area contributed by atoms with Crippen LogP contribution in [0.25, 0.3) is 0 Å². The monoisotopic (exact) mass is 389 g/mol. The Labute approximate surface area is 144 Å². The van der Waals surface area contributed by atoms with E-state index in [9.17, 15) is 31.5 Å². The molecule has 25 heavy (non-hydrogen) atoms. The van der Waals surface area contributed by atoms with Crippen molar-refractivity contribution in [2.75, 3.05) is 5.88 Å². The van der Waals surface area contributed by atoms with Gasteiger partial charge in [-0.2, -0.15) is 8.78 Å². The first-order valence-electron chi connectivity index (χ1n) is 6.67. The van der Waals surface area contributed by atoms with Gasteiger partial charge in [0.15, 0.2) is 0 Å². The van der Waals surface area contributed by atoms with Crippen molar-refractivity contribution < 1.29 is 41.0 Å². The molecule has 1 atom stereocenters. The molecule has 0 heterocycles. The molecular weight excluding hydrogens is 377 g/mol. The highest BCUT2D eigenvalue weighted by Crippen LogP contribution is 2.29. The maximum atomic E-state index is 13.5. The van der Waals surface area contributed by atoms with Gasteiger partial charge in [-0.25, -0.2) is 22.8 Å². The first-order valence-corrected chi connectivity index (χ1v) is 7.21. The van der Waals surface area contributed by atoms with Crippen LogP contribution in [0.1, 0.15) is 20.8 Å². The molecule has 0 bridgehead atoms. The number of amides is 1. The third-order valence-corrected chi connectivity index (χ3v) is 2.81. The Morgan fingerprint density at radius 1 is 1.00 bits per heavy atom. The minimum atomic E-state index is -2.41. The number of halogens is 6. The van der Waals surface area contributed by atoms with E-state index in [0.29, 0.717) is 0 Å². The molecule has 11 heteroatoms. The molecule has 0 saturated carbocycles. The number of alkyl carbamates (subject to hydrolysis) is 1. The molecule has 0 radical (unpaired) electrons. The van der Waals surface area contributed by atoms with Crippen molar-refractivity contribution in [3.63, 3.8) is 0 Å². The van der Waals surface area contributed by atoms with E-state index < -0.39 is 64.4 Å². The van der Waals surface area contributed by atoms with Gasteiger partial charge in [-0.1, -0.05) is 0 Å². The largest absolute Gasteiger partial charge is 0.444 e. The predicted molar refractivity (Wildman–Crippen MR) is 75.7 cm³/mol. The fraction of sp³-hybridized carbons (Fsp3) is 0.429. The second-order valence-electron chi connectivity index (χ2n) is 5.67. The highest BCUT2D eigenvalue weighted by molar-refractivity contribution is 6.20. The molecule has 1 aromatic rings. The summed E-state index contributed by atoms with van der Waals surface area (Å²) in [6.45, 7) is 4.57. The van der Waals surface area contributed by atoms with Gasteiger partial charge >= 0.3 is 12.1 Å². The van der Waals surface area contributed by atoms with Crippen LogP contribution in [-0.4, -0.2) is 29.6 Å². The Kier molecular flexibility index (Phi) is 6.58. The van der Waals surface area contributed by atoms with Gasteiger partial charge in [0.1, 0.15) is 11.6 Å². The Hall–Kier alpha value is -2.10. The summed E-state index contributed by atoms with van der Waals surface area (Å²) in [4.78, 5) is 23.4. The smallest absolute Gasteiger partial charge is 0.408 e. The Bertz CT molecular complexity index is 664. The van der Waals surface area contributed by atoms with E-state index in [1.54, 1.807) is 0 Å². The van der Waals surface area contributed by atoms with E-state index in [-0.39, 0.29) is 0 Å². The molecule has 0 aliphatic rings. The normalized spacial score (nSPS) is 12.5. The third kappa shape index (κ3) is 5.18. The SMILES string of the molecule is CC(C)(C)OC(=O)N[C@@H](CCl)C(=O)Oc1c(F)c(F)c(F)c(F)c1F. The Morgan fingerprint density at radius 3 is 1.84 bits per heavy atom. The topological polar surface area (TPSA) is 64.6 Å². The number of nitrogens with one attached hydrogen (secondary N) is 1. The first kappa shape index (κ1) is 20.9. The molecule has 0 aliphatic carbocycles. The molecule has 1 N–H and O–H groups in total. The van der Waals surface area contributed by atoms with Crippen LogP contribution in [0.3, 0.4) is 0 Å². The highest BCUT2D eigenvalue weighted by Gasteiger charge is 2.31. The summed E-state index contributed by atoms with van der Waals surface area (Å²) in [6, 6.07) is -1.66. The molecule has 1 aromatic carbocycles. The van der Waals surface area contributed by atoms with Crippen LogP contribution >= 0.6 is 11.6 Å². The number of ether oxygens (including phenoxy) is 2. The zero-order chi connectivity index (χ0) is 19.5. The van der Waals surface area contributed by atoms with Crippen molar-refractivity contribution in [2.45, 2.75) is 32.4 Å². The Balaban J connectivity index is 2.99. The highest BCUT2D eigenvalue weighted by atomic mass is 35.5. The molecule has 0 saturated heterocycles. The standard InChI is InChI=1S/C14H13ClF5NO4/c1-14(2,3)25-13(23)21-5(4-15)12(22)24-11-9(19)7(17)6(16)8(18)10(11)20/h5H,4H2,1-3H3,(H,21,23)/t5-/m0/s1. The maximum absolute atomic E-state index is 13.5. The van der Waals surface area contributed by atoms with Gasteiger partial charge in [-0.3, -0.25) is 0 Å². The van der Waals surface area contributed by atoms with Crippen LogP contribution in [0, 0.1) is 29.1 Å². The molecule has 1 amide bonds. The van der Waals surface area contributed by atoms with E-state index >= 15 is 0 Å². The van der Waals surface area contributed by atoms with Crippen molar-refractivity contribution >= 4 is 23.7 Å². The lowest BCUT2D eigenvalue weighted by Crippen LogP contribution is -2.46. The quantitative estimate of drug-likeness (QED) is 0.214. The van der Waals surface area contributed by atoms with E-state index in [2.05, 4.69) is 4.74 Å². The van der Waals surface area contributed by atoms with E-state index in [1.807, 2.05) is 5.32 Å². The van der Waals surface area contributed by atoms with Crippen LogP contribution in [-0.2, 0) is 9.53 Å². The first-order chi connectivity index (χ1) is 11.4. The van der Waals surface area contributed by atoms with Crippen LogP contribution in [0.2, 0.25) is 0 Å². The Morgan fingerprint density at radius 2 is 1.44 bits per heavy atom. The predicted octanol–water partition coefficient (Wildman–Crippen LogP) is 3.42. The van der Waals surface area contributed by atoms with E-state index in [4.69, 9.17) is 16.3 Å². The second-order valence-corrected chi connectivity index (χ2v) is 5.98. The number of hydrogen-bond acceptors (Lipinski definition) is 4. The number of alkyl halides is 1. The van der Waals surface area contributed by atoms with Crippen molar-refractivity contribution in [2.24, 2.45) is 0 Å². The van der Waals surface area contributed by atoms with Gasteiger partial charge in [0.2, 0.25) is 34.8 Å². The summed E-state index contributed by atoms with van der Waals surface area (Å²) in [5, 5.41) is 1.95. The molecule has 5 nitrogen and oxygen atoms in total. The van der Waals surface area contributed by atoms with Crippen LogP contribution < -0.4 is 10.1 Å². The summed E-state index contributed by atoms with van der Waals surface area (Å²) in [6.07, 6.45) is -1.10. The van der Waals surface area contributed by atoms with Gasteiger partial charge in [-0.05, 0) is 20.8 Å². The number of esters is 1. The lowest BCUT2D eigenvalue weighted by molar-refractivity contribution is -0.136. The molecule has 0 unspecified atom stereocenters. The van der Waals surface area contributed by atoms with Crippen LogP contribution in [0.15, 0.2) is 0 Å². The van der Waals surface area contributed by atoms with Gasteiger partial charge in [0.05, 0.1) is 5.88 Å².